The molecule has 2 aliphatic rings. The molecule has 2 heterocycles. The second-order valence-electron chi connectivity index (χ2n) is 7.95. The van der Waals surface area contributed by atoms with E-state index >= 15 is 0 Å². The number of rotatable bonds is 5. The smallest absolute Gasteiger partial charge is 0.317 e. The molecule has 1 aliphatic carbocycles. The predicted octanol–water partition coefficient (Wildman–Crippen LogP) is 4.18. The van der Waals surface area contributed by atoms with Gasteiger partial charge in [-0.3, -0.25) is 0 Å². The van der Waals surface area contributed by atoms with Crippen LogP contribution in [-0.2, 0) is 16.6 Å². The number of hydrogen-bond acceptors (Lipinski definition) is 4. The zero-order chi connectivity index (χ0) is 20.0. The molecule has 1 saturated carbocycles. The summed E-state index contributed by atoms with van der Waals surface area (Å²) in [5.41, 5.74) is 0. The summed E-state index contributed by atoms with van der Waals surface area (Å²) in [6.07, 6.45) is 11.3. The third-order valence-electron chi connectivity index (χ3n) is 5.90. The number of piperidine rings is 1. The van der Waals surface area contributed by atoms with Crippen molar-refractivity contribution in [3.8, 4) is 0 Å². The summed E-state index contributed by atoms with van der Waals surface area (Å²) < 4.78 is 27.5. The van der Waals surface area contributed by atoms with Crippen molar-refractivity contribution in [3.05, 3.63) is 17.0 Å². The van der Waals surface area contributed by atoms with Gasteiger partial charge in [0.1, 0.15) is 4.21 Å². The van der Waals surface area contributed by atoms with Gasteiger partial charge in [0.25, 0.3) is 10.0 Å². The highest BCUT2D eigenvalue weighted by molar-refractivity contribution is 7.91. The van der Waals surface area contributed by atoms with Crippen molar-refractivity contribution in [1.82, 2.24) is 14.5 Å². The van der Waals surface area contributed by atoms with Gasteiger partial charge < -0.3 is 10.2 Å². The zero-order valence-electron chi connectivity index (χ0n) is 16.9. The summed E-state index contributed by atoms with van der Waals surface area (Å²) in [4.78, 5) is 15.3. The van der Waals surface area contributed by atoms with Crippen LogP contribution < -0.4 is 5.32 Å². The lowest BCUT2D eigenvalue weighted by molar-refractivity contribution is 0.178. The molecule has 1 aliphatic heterocycles. The van der Waals surface area contributed by atoms with Crippen LogP contribution in [0, 0.1) is 0 Å². The molecule has 0 bridgehead atoms. The summed E-state index contributed by atoms with van der Waals surface area (Å²) in [6, 6.07) is 3.73. The molecule has 0 radical (unpaired) electrons. The molecule has 28 heavy (non-hydrogen) atoms. The average molecular weight is 428 g/mol. The van der Waals surface area contributed by atoms with Crippen LogP contribution in [0.1, 0.15) is 69.1 Å². The summed E-state index contributed by atoms with van der Waals surface area (Å²) >= 11 is 1.27. The monoisotopic (exact) mass is 427 g/mol. The maximum Gasteiger partial charge on any atom is 0.317 e. The number of amides is 2. The van der Waals surface area contributed by atoms with Crippen molar-refractivity contribution in [1.29, 1.82) is 0 Å². The number of nitrogens with zero attached hydrogens (tertiary/aromatic N) is 2. The molecule has 2 fully saturated rings. The van der Waals surface area contributed by atoms with Crippen LogP contribution in [0.15, 0.2) is 16.3 Å². The zero-order valence-corrected chi connectivity index (χ0v) is 18.5. The minimum Gasteiger partial charge on any atom is -0.333 e. The summed E-state index contributed by atoms with van der Waals surface area (Å²) in [5, 5.41) is 2.97. The molecule has 158 valence electrons. The molecule has 0 atom stereocenters. The quantitative estimate of drug-likeness (QED) is 0.766. The largest absolute Gasteiger partial charge is 0.333 e. The molecule has 1 saturated heterocycles. The van der Waals surface area contributed by atoms with Crippen molar-refractivity contribution < 1.29 is 13.2 Å². The Hall–Kier alpha value is -1.12. The van der Waals surface area contributed by atoms with Crippen LogP contribution in [0.5, 0.6) is 0 Å². The molecule has 2 amide bonds. The number of thiophene rings is 1. The van der Waals surface area contributed by atoms with E-state index in [2.05, 4.69) is 5.32 Å². The molecule has 1 aromatic rings. The van der Waals surface area contributed by atoms with Crippen LogP contribution in [0.4, 0.5) is 4.79 Å². The minimum atomic E-state index is -3.39. The third-order valence-corrected chi connectivity index (χ3v) is 9.35. The molecule has 8 heteroatoms. The van der Waals surface area contributed by atoms with E-state index in [0.717, 1.165) is 37.0 Å². The first-order valence-electron chi connectivity index (χ1n) is 10.6. The molecule has 0 spiro atoms. The molecular formula is C20H33N3O3S2. The lowest BCUT2D eigenvalue weighted by atomic mass is 9.96. The van der Waals surface area contributed by atoms with Gasteiger partial charge in [0.2, 0.25) is 0 Å². The maximum atomic E-state index is 12.8. The van der Waals surface area contributed by atoms with E-state index < -0.39 is 10.0 Å². The van der Waals surface area contributed by atoms with Gasteiger partial charge in [-0.15, -0.1) is 11.3 Å². The number of sulfonamides is 1. The second-order valence-corrected chi connectivity index (χ2v) is 11.3. The van der Waals surface area contributed by atoms with Crippen molar-refractivity contribution in [2.45, 2.75) is 81.0 Å². The Bertz CT molecular complexity index is 734. The van der Waals surface area contributed by atoms with Gasteiger partial charge in [-0.1, -0.05) is 38.5 Å². The van der Waals surface area contributed by atoms with Crippen molar-refractivity contribution in [2.75, 3.05) is 20.1 Å². The van der Waals surface area contributed by atoms with Gasteiger partial charge in [0.15, 0.2) is 0 Å². The van der Waals surface area contributed by atoms with Gasteiger partial charge in [0, 0.05) is 31.1 Å². The Morgan fingerprint density at radius 3 is 2.36 bits per heavy atom. The number of nitrogens with one attached hydrogen (secondary N) is 1. The summed E-state index contributed by atoms with van der Waals surface area (Å²) in [6.45, 7) is 1.59. The van der Waals surface area contributed by atoms with Crippen molar-refractivity contribution in [2.24, 2.45) is 0 Å². The van der Waals surface area contributed by atoms with Crippen LogP contribution >= 0.6 is 11.3 Å². The lowest BCUT2D eigenvalue weighted by Gasteiger charge is -2.29. The fraction of sp³-hybridized carbons (Fsp3) is 0.750. The minimum absolute atomic E-state index is 0.0700. The molecule has 0 unspecified atom stereocenters. The van der Waals surface area contributed by atoms with Crippen molar-refractivity contribution in [3.63, 3.8) is 0 Å². The molecular weight excluding hydrogens is 394 g/mol. The van der Waals surface area contributed by atoms with Gasteiger partial charge in [-0.25, -0.2) is 13.2 Å². The Balaban J connectivity index is 1.54. The topological polar surface area (TPSA) is 69.7 Å². The normalized spacial score (nSPS) is 20.3. The van der Waals surface area contributed by atoms with Crippen LogP contribution in [0.2, 0.25) is 0 Å². The van der Waals surface area contributed by atoms with E-state index in [1.165, 1.54) is 43.4 Å². The fourth-order valence-electron chi connectivity index (χ4n) is 4.10. The number of carbonyl (C=O) groups excluding carboxylic acids is 1. The van der Waals surface area contributed by atoms with E-state index in [4.69, 9.17) is 0 Å². The Morgan fingerprint density at radius 1 is 1.07 bits per heavy atom. The van der Waals surface area contributed by atoms with Gasteiger partial charge >= 0.3 is 6.03 Å². The highest BCUT2D eigenvalue weighted by Crippen LogP contribution is 2.27. The van der Waals surface area contributed by atoms with Gasteiger partial charge in [-0.2, -0.15) is 4.31 Å². The van der Waals surface area contributed by atoms with E-state index in [9.17, 15) is 13.2 Å². The van der Waals surface area contributed by atoms with Crippen molar-refractivity contribution >= 4 is 27.4 Å². The molecule has 3 rings (SSSR count). The van der Waals surface area contributed by atoms with Gasteiger partial charge in [0.05, 0.1) is 6.54 Å². The highest BCUT2D eigenvalue weighted by Gasteiger charge is 2.27. The summed E-state index contributed by atoms with van der Waals surface area (Å²) in [7, 11) is -1.51. The predicted molar refractivity (Wildman–Crippen MR) is 113 cm³/mol. The Morgan fingerprint density at radius 2 is 1.68 bits per heavy atom. The Kier molecular flexibility index (Phi) is 7.77. The number of urea groups is 1. The molecule has 1 aromatic heterocycles. The fourth-order valence-corrected chi connectivity index (χ4v) is 7.07. The highest BCUT2D eigenvalue weighted by atomic mass is 32.2. The van der Waals surface area contributed by atoms with Gasteiger partial charge in [-0.05, 0) is 37.8 Å². The van der Waals surface area contributed by atoms with E-state index in [1.54, 1.807) is 10.4 Å². The van der Waals surface area contributed by atoms with Crippen LogP contribution in [-0.4, -0.2) is 49.8 Å². The third kappa shape index (κ3) is 5.48. The molecule has 0 aromatic carbocycles. The number of hydrogen-bond donors (Lipinski definition) is 1. The SMILES string of the molecule is CN(C(=O)NCc1ccc(S(=O)(=O)N2CCCCC2)s1)C1CCCCCCC1. The van der Waals surface area contributed by atoms with Crippen LogP contribution in [0.3, 0.4) is 0 Å². The second kappa shape index (κ2) is 10.1. The summed E-state index contributed by atoms with van der Waals surface area (Å²) in [5.74, 6) is 0. The first kappa shape index (κ1) is 21.6. The van der Waals surface area contributed by atoms with E-state index in [1.807, 2.05) is 18.0 Å². The molecule has 6 nitrogen and oxygen atoms in total. The Labute approximate surface area is 173 Å². The maximum absolute atomic E-state index is 12.8. The average Bonchev–Trinajstić information content (AvgIpc) is 3.16. The number of carbonyl (C=O) groups is 1. The lowest BCUT2D eigenvalue weighted by Crippen LogP contribution is -2.43. The standard InChI is InChI=1S/C20H33N3O3S2/c1-22(17-10-6-3-2-4-7-11-17)20(24)21-16-18-12-13-19(27-18)28(25,26)23-14-8-5-9-15-23/h12-13,17H,2-11,14-16H2,1H3,(H,21,24). The van der Waals surface area contributed by atoms with E-state index in [-0.39, 0.29) is 6.03 Å². The van der Waals surface area contributed by atoms with Crippen LogP contribution in [0.25, 0.3) is 0 Å². The van der Waals surface area contributed by atoms with E-state index in [0.29, 0.717) is 29.9 Å². The first-order valence-corrected chi connectivity index (χ1v) is 12.8. The first-order chi connectivity index (χ1) is 13.5. The molecule has 1 N–H and O–H groups in total.